The topological polar surface area (TPSA) is 100.0 Å². The Kier molecular flexibility index (Phi) is 6.13. The maximum absolute atomic E-state index is 13.2. The second-order valence-electron chi connectivity index (χ2n) is 6.12. The van der Waals surface area contributed by atoms with E-state index in [1.54, 1.807) is 18.3 Å². The molecule has 2 aromatic rings. The van der Waals surface area contributed by atoms with Crippen LogP contribution >= 0.6 is 0 Å². The molecule has 0 aliphatic carbocycles. The summed E-state index contributed by atoms with van der Waals surface area (Å²) in [6, 6.07) is 7.50. The zero-order chi connectivity index (χ0) is 20.1. The molecule has 8 heteroatoms. The van der Waals surface area contributed by atoms with Crippen LogP contribution < -0.4 is 0 Å². The van der Waals surface area contributed by atoms with E-state index in [1.807, 2.05) is 0 Å². The lowest BCUT2D eigenvalue weighted by molar-refractivity contribution is -0.140. The predicted octanol–water partition coefficient (Wildman–Crippen LogP) is 1.65. The number of pyridine rings is 1. The number of benzene rings is 1. The molecule has 28 heavy (non-hydrogen) atoms. The molecule has 0 unspecified atom stereocenters. The Bertz CT molecular complexity index is 883. The molecule has 146 valence electrons. The molecule has 1 amide bonds. The molecule has 1 aromatic heterocycles. The normalized spacial score (nSPS) is 18.6. The van der Waals surface area contributed by atoms with Crippen LogP contribution in [0.3, 0.4) is 0 Å². The SMILES string of the molecule is O=C1C(=O)N(CCOCCO)[C@H](c2cccnc2)C1=C(O)c1ccc(F)cc1. The van der Waals surface area contributed by atoms with Gasteiger partial charge in [-0.05, 0) is 35.9 Å². The van der Waals surface area contributed by atoms with Crippen LogP contribution in [0, 0.1) is 5.82 Å². The monoisotopic (exact) mass is 386 g/mol. The Labute approximate surface area is 160 Å². The van der Waals surface area contributed by atoms with E-state index in [4.69, 9.17) is 9.84 Å². The van der Waals surface area contributed by atoms with Gasteiger partial charge in [-0.2, -0.15) is 0 Å². The standard InChI is InChI=1S/C20H19FN2O5/c21-15-5-3-13(4-6-15)18(25)16-17(14-2-1-7-22-12-14)23(20(27)19(16)26)8-10-28-11-9-24/h1-7,12,17,24-25H,8-11H2/t17-/m1/s1. The smallest absolute Gasteiger partial charge is 0.295 e. The van der Waals surface area contributed by atoms with Crippen molar-refractivity contribution in [2.75, 3.05) is 26.4 Å². The maximum Gasteiger partial charge on any atom is 0.295 e. The van der Waals surface area contributed by atoms with Gasteiger partial charge in [0.1, 0.15) is 11.6 Å². The van der Waals surface area contributed by atoms with E-state index < -0.39 is 23.5 Å². The molecule has 2 heterocycles. The lowest BCUT2D eigenvalue weighted by Crippen LogP contribution is -2.33. The fourth-order valence-corrected chi connectivity index (χ4v) is 3.09. The van der Waals surface area contributed by atoms with Gasteiger partial charge in [0.2, 0.25) is 0 Å². The first-order chi connectivity index (χ1) is 13.5. The Balaban J connectivity index is 2.03. The van der Waals surface area contributed by atoms with E-state index in [0.717, 1.165) is 12.1 Å². The molecule has 1 aliphatic heterocycles. The van der Waals surface area contributed by atoms with Crippen molar-refractivity contribution in [1.29, 1.82) is 0 Å². The highest BCUT2D eigenvalue weighted by molar-refractivity contribution is 6.46. The van der Waals surface area contributed by atoms with Gasteiger partial charge in [0.15, 0.2) is 0 Å². The number of ether oxygens (including phenoxy) is 1. The minimum atomic E-state index is -0.850. The van der Waals surface area contributed by atoms with Crippen LogP contribution in [-0.4, -0.2) is 58.2 Å². The van der Waals surface area contributed by atoms with Crippen LogP contribution in [0.15, 0.2) is 54.4 Å². The number of ketones is 1. The summed E-state index contributed by atoms with van der Waals surface area (Å²) < 4.78 is 18.4. The lowest BCUT2D eigenvalue weighted by Gasteiger charge is -2.24. The largest absolute Gasteiger partial charge is 0.507 e. The number of hydrogen-bond donors (Lipinski definition) is 2. The number of hydrogen-bond acceptors (Lipinski definition) is 6. The minimum Gasteiger partial charge on any atom is -0.507 e. The van der Waals surface area contributed by atoms with Gasteiger partial charge in [0.05, 0.1) is 31.4 Å². The number of likely N-dealkylation sites (tertiary alicyclic amines) is 1. The van der Waals surface area contributed by atoms with E-state index >= 15 is 0 Å². The van der Waals surface area contributed by atoms with Crippen molar-refractivity contribution < 1.29 is 28.9 Å². The fourth-order valence-electron chi connectivity index (χ4n) is 3.09. The molecule has 1 aromatic carbocycles. The summed E-state index contributed by atoms with van der Waals surface area (Å²) in [7, 11) is 0. The lowest BCUT2D eigenvalue weighted by atomic mass is 9.96. The van der Waals surface area contributed by atoms with Crippen LogP contribution in [0.2, 0.25) is 0 Å². The Hall–Kier alpha value is -3.10. The molecular weight excluding hydrogens is 367 g/mol. The molecule has 2 N–H and O–H groups in total. The third kappa shape index (κ3) is 3.92. The second kappa shape index (κ2) is 8.73. The first kappa shape index (κ1) is 19.7. The molecule has 0 spiro atoms. The van der Waals surface area contributed by atoms with Gasteiger partial charge in [-0.25, -0.2) is 4.39 Å². The molecule has 7 nitrogen and oxygen atoms in total. The fraction of sp³-hybridized carbons (Fsp3) is 0.250. The number of aliphatic hydroxyl groups excluding tert-OH is 2. The summed E-state index contributed by atoms with van der Waals surface area (Å²) >= 11 is 0. The molecular formula is C20H19FN2O5. The van der Waals surface area contributed by atoms with E-state index in [0.29, 0.717) is 5.56 Å². The van der Waals surface area contributed by atoms with Crippen molar-refractivity contribution in [2.24, 2.45) is 0 Å². The number of halogens is 1. The summed E-state index contributed by atoms with van der Waals surface area (Å²) in [6.45, 7) is 0.151. The van der Waals surface area contributed by atoms with Gasteiger partial charge in [-0.3, -0.25) is 14.6 Å². The number of Topliss-reactive ketones (excluding diaryl/α,β-unsaturated/α-hetero) is 1. The Morgan fingerprint density at radius 1 is 1.18 bits per heavy atom. The van der Waals surface area contributed by atoms with Crippen molar-refractivity contribution in [3.05, 3.63) is 71.3 Å². The van der Waals surface area contributed by atoms with Crippen LogP contribution in [0.25, 0.3) is 5.76 Å². The first-order valence-electron chi connectivity index (χ1n) is 8.67. The average Bonchev–Trinajstić information content (AvgIpc) is 2.97. The highest BCUT2D eigenvalue weighted by Gasteiger charge is 2.45. The van der Waals surface area contributed by atoms with Gasteiger partial charge < -0.3 is 19.8 Å². The third-order valence-corrected chi connectivity index (χ3v) is 4.37. The highest BCUT2D eigenvalue weighted by atomic mass is 19.1. The number of aliphatic hydroxyl groups is 2. The van der Waals surface area contributed by atoms with Gasteiger partial charge in [-0.15, -0.1) is 0 Å². The third-order valence-electron chi connectivity index (χ3n) is 4.37. The second-order valence-corrected chi connectivity index (χ2v) is 6.12. The number of carbonyl (C=O) groups is 2. The van der Waals surface area contributed by atoms with Gasteiger partial charge in [-0.1, -0.05) is 6.07 Å². The molecule has 1 aliphatic rings. The maximum atomic E-state index is 13.2. The van der Waals surface area contributed by atoms with Crippen LogP contribution in [0.4, 0.5) is 4.39 Å². The zero-order valence-electron chi connectivity index (χ0n) is 14.9. The van der Waals surface area contributed by atoms with Crippen LogP contribution in [0.1, 0.15) is 17.2 Å². The van der Waals surface area contributed by atoms with Crippen LogP contribution in [0.5, 0.6) is 0 Å². The Morgan fingerprint density at radius 3 is 2.57 bits per heavy atom. The average molecular weight is 386 g/mol. The van der Waals surface area contributed by atoms with Crippen molar-refractivity contribution in [3.8, 4) is 0 Å². The quantitative estimate of drug-likeness (QED) is 0.325. The number of nitrogens with zero attached hydrogens (tertiary/aromatic N) is 2. The zero-order valence-corrected chi connectivity index (χ0v) is 14.9. The van der Waals surface area contributed by atoms with Crippen molar-refractivity contribution in [2.45, 2.75) is 6.04 Å². The van der Waals surface area contributed by atoms with E-state index in [2.05, 4.69) is 4.98 Å². The predicted molar refractivity (Wildman–Crippen MR) is 97.6 cm³/mol. The van der Waals surface area contributed by atoms with Crippen molar-refractivity contribution in [3.63, 3.8) is 0 Å². The molecule has 1 atom stereocenters. The minimum absolute atomic E-state index is 0.0876. The molecule has 0 radical (unpaired) electrons. The summed E-state index contributed by atoms with van der Waals surface area (Å²) in [4.78, 5) is 30.6. The summed E-state index contributed by atoms with van der Waals surface area (Å²) in [6.07, 6.45) is 3.07. The van der Waals surface area contributed by atoms with Gasteiger partial charge in [0.25, 0.3) is 11.7 Å². The van der Waals surface area contributed by atoms with Crippen molar-refractivity contribution >= 4 is 17.4 Å². The van der Waals surface area contributed by atoms with Gasteiger partial charge in [0, 0.05) is 24.5 Å². The summed E-state index contributed by atoms with van der Waals surface area (Å²) in [5, 5.41) is 19.5. The van der Waals surface area contributed by atoms with Gasteiger partial charge >= 0.3 is 0 Å². The molecule has 0 saturated carbocycles. The summed E-state index contributed by atoms with van der Waals surface area (Å²) in [5.74, 6) is -2.48. The van der Waals surface area contributed by atoms with E-state index in [9.17, 15) is 19.1 Å². The molecule has 3 rings (SSSR count). The highest BCUT2D eigenvalue weighted by Crippen LogP contribution is 2.38. The van der Waals surface area contributed by atoms with E-state index in [-0.39, 0.29) is 43.3 Å². The number of carbonyl (C=O) groups excluding carboxylic acids is 2. The first-order valence-corrected chi connectivity index (χ1v) is 8.67. The molecule has 0 bridgehead atoms. The number of rotatable bonds is 7. The Morgan fingerprint density at radius 2 is 1.93 bits per heavy atom. The van der Waals surface area contributed by atoms with Crippen molar-refractivity contribution in [1.82, 2.24) is 9.88 Å². The molecule has 1 saturated heterocycles. The molecule has 1 fully saturated rings. The number of aromatic nitrogens is 1. The summed E-state index contributed by atoms with van der Waals surface area (Å²) in [5.41, 5.74) is 0.684. The number of amides is 1. The van der Waals surface area contributed by atoms with Crippen LogP contribution in [-0.2, 0) is 14.3 Å². The van der Waals surface area contributed by atoms with E-state index in [1.165, 1.54) is 23.2 Å².